The zero-order chi connectivity index (χ0) is 13.6. The molecule has 0 fully saturated rings. The Hall–Kier alpha value is -0.0400. The van der Waals surface area contributed by atoms with E-state index in [0.29, 0.717) is 6.04 Å². The van der Waals surface area contributed by atoms with E-state index in [1.165, 1.54) is 70.8 Å². The lowest BCUT2D eigenvalue weighted by molar-refractivity contribution is 0.449. The molecular weight excluding hydrogens is 218 g/mol. The highest BCUT2D eigenvalue weighted by molar-refractivity contribution is 4.61. The van der Waals surface area contributed by atoms with E-state index in [1.807, 2.05) is 0 Å². The Labute approximate surface area is 116 Å². The summed E-state index contributed by atoms with van der Waals surface area (Å²) >= 11 is 0. The van der Waals surface area contributed by atoms with Gasteiger partial charge in [-0.05, 0) is 32.2 Å². The van der Waals surface area contributed by atoms with Crippen LogP contribution in [-0.4, -0.2) is 12.6 Å². The van der Waals surface area contributed by atoms with Gasteiger partial charge in [0.15, 0.2) is 0 Å². The van der Waals surface area contributed by atoms with Gasteiger partial charge in [0.05, 0.1) is 0 Å². The molecule has 1 heteroatoms. The SMILES string of the molecule is CCCCCCCCCCC(C)NCCC(C)C. The van der Waals surface area contributed by atoms with Crippen LogP contribution in [0.2, 0.25) is 0 Å². The fraction of sp³-hybridized carbons (Fsp3) is 1.00. The summed E-state index contributed by atoms with van der Waals surface area (Å²) in [7, 11) is 0. The Balaban J connectivity index is 3.12. The van der Waals surface area contributed by atoms with Gasteiger partial charge in [-0.1, -0.05) is 72.1 Å². The van der Waals surface area contributed by atoms with Crippen LogP contribution in [-0.2, 0) is 0 Å². The Morgan fingerprint density at radius 2 is 1.28 bits per heavy atom. The van der Waals surface area contributed by atoms with Crippen molar-refractivity contribution in [2.45, 2.75) is 97.9 Å². The molecule has 0 aliphatic heterocycles. The van der Waals surface area contributed by atoms with Crippen LogP contribution >= 0.6 is 0 Å². The maximum Gasteiger partial charge on any atom is 0.00387 e. The predicted molar refractivity (Wildman–Crippen MR) is 84.1 cm³/mol. The van der Waals surface area contributed by atoms with Gasteiger partial charge in [-0.15, -0.1) is 0 Å². The number of unbranched alkanes of at least 4 members (excludes halogenated alkanes) is 7. The molecule has 0 aliphatic carbocycles. The summed E-state index contributed by atoms with van der Waals surface area (Å²) in [6.45, 7) is 10.4. The van der Waals surface area contributed by atoms with Crippen molar-refractivity contribution in [3.63, 3.8) is 0 Å². The van der Waals surface area contributed by atoms with Crippen molar-refractivity contribution in [1.82, 2.24) is 5.32 Å². The zero-order valence-corrected chi connectivity index (χ0v) is 13.4. The van der Waals surface area contributed by atoms with Crippen LogP contribution in [0.25, 0.3) is 0 Å². The summed E-state index contributed by atoms with van der Waals surface area (Å²) in [6, 6.07) is 0.712. The van der Waals surface area contributed by atoms with Crippen LogP contribution in [0.3, 0.4) is 0 Å². The second-order valence-corrected chi connectivity index (χ2v) is 6.30. The van der Waals surface area contributed by atoms with Gasteiger partial charge in [-0.3, -0.25) is 0 Å². The van der Waals surface area contributed by atoms with Crippen LogP contribution in [0.5, 0.6) is 0 Å². The predicted octanol–water partition coefficient (Wildman–Crippen LogP) is 5.54. The highest BCUT2D eigenvalue weighted by Gasteiger charge is 2.01. The molecule has 0 aromatic heterocycles. The molecule has 0 radical (unpaired) electrons. The van der Waals surface area contributed by atoms with E-state index in [-0.39, 0.29) is 0 Å². The van der Waals surface area contributed by atoms with Gasteiger partial charge in [0.2, 0.25) is 0 Å². The third kappa shape index (κ3) is 14.0. The monoisotopic (exact) mass is 255 g/mol. The van der Waals surface area contributed by atoms with Crippen molar-refractivity contribution >= 4 is 0 Å². The first-order valence-electron chi connectivity index (χ1n) is 8.40. The van der Waals surface area contributed by atoms with E-state index in [9.17, 15) is 0 Å². The highest BCUT2D eigenvalue weighted by atomic mass is 14.9. The van der Waals surface area contributed by atoms with E-state index in [2.05, 4.69) is 33.0 Å². The first-order chi connectivity index (χ1) is 8.66. The minimum absolute atomic E-state index is 0.712. The summed E-state index contributed by atoms with van der Waals surface area (Å²) in [5.41, 5.74) is 0. The summed E-state index contributed by atoms with van der Waals surface area (Å²) in [6.07, 6.45) is 14.1. The van der Waals surface area contributed by atoms with Gasteiger partial charge in [0.25, 0.3) is 0 Å². The molecule has 0 aromatic rings. The second-order valence-electron chi connectivity index (χ2n) is 6.30. The molecule has 0 saturated heterocycles. The van der Waals surface area contributed by atoms with Crippen LogP contribution < -0.4 is 5.32 Å². The number of rotatable bonds is 13. The molecule has 1 atom stereocenters. The van der Waals surface area contributed by atoms with Crippen LogP contribution in [0.1, 0.15) is 91.9 Å². The van der Waals surface area contributed by atoms with Crippen molar-refractivity contribution in [3.8, 4) is 0 Å². The molecule has 110 valence electrons. The molecule has 0 heterocycles. The van der Waals surface area contributed by atoms with Crippen molar-refractivity contribution in [3.05, 3.63) is 0 Å². The van der Waals surface area contributed by atoms with Crippen molar-refractivity contribution in [2.24, 2.45) is 5.92 Å². The van der Waals surface area contributed by atoms with Crippen LogP contribution in [0.15, 0.2) is 0 Å². The molecule has 1 N–H and O–H groups in total. The topological polar surface area (TPSA) is 12.0 Å². The van der Waals surface area contributed by atoms with Gasteiger partial charge < -0.3 is 5.32 Å². The molecule has 0 rings (SSSR count). The lowest BCUT2D eigenvalue weighted by Gasteiger charge is -2.14. The Bertz CT molecular complexity index is 154. The molecular formula is C17H37N. The Morgan fingerprint density at radius 3 is 1.83 bits per heavy atom. The molecule has 0 aliphatic rings. The summed E-state index contributed by atoms with van der Waals surface area (Å²) in [5, 5.41) is 3.63. The minimum atomic E-state index is 0.712. The summed E-state index contributed by atoms with van der Waals surface area (Å²) in [4.78, 5) is 0. The van der Waals surface area contributed by atoms with Gasteiger partial charge in [0.1, 0.15) is 0 Å². The summed E-state index contributed by atoms with van der Waals surface area (Å²) in [5.74, 6) is 0.827. The molecule has 18 heavy (non-hydrogen) atoms. The largest absolute Gasteiger partial charge is 0.314 e. The third-order valence-electron chi connectivity index (χ3n) is 3.71. The van der Waals surface area contributed by atoms with Gasteiger partial charge in [-0.25, -0.2) is 0 Å². The maximum absolute atomic E-state index is 3.63. The average Bonchev–Trinajstić information content (AvgIpc) is 2.32. The normalized spacial score (nSPS) is 13.2. The first kappa shape index (κ1) is 18.0. The van der Waals surface area contributed by atoms with E-state index < -0.39 is 0 Å². The molecule has 0 saturated carbocycles. The molecule has 1 nitrogen and oxygen atoms in total. The molecule has 1 unspecified atom stereocenters. The van der Waals surface area contributed by atoms with E-state index in [1.54, 1.807) is 0 Å². The zero-order valence-electron chi connectivity index (χ0n) is 13.4. The first-order valence-corrected chi connectivity index (χ1v) is 8.40. The van der Waals surface area contributed by atoms with Crippen molar-refractivity contribution < 1.29 is 0 Å². The van der Waals surface area contributed by atoms with Gasteiger partial charge in [0, 0.05) is 6.04 Å². The standard InChI is InChI=1S/C17H37N/c1-5-6-7-8-9-10-11-12-13-17(4)18-15-14-16(2)3/h16-18H,5-15H2,1-4H3. The van der Waals surface area contributed by atoms with Crippen molar-refractivity contribution in [2.75, 3.05) is 6.54 Å². The van der Waals surface area contributed by atoms with Crippen LogP contribution in [0.4, 0.5) is 0 Å². The van der Waals surface area contributed by atoms with Crippen LogP contribution in [0, 0.1) is 5.92 Å². The Morgan fingerprint density at radius 1 is 0.722 bits per heavy atom. The molecule has 0 aromatic carbocycles. The Kier molecular flexibility index (Phi) is 13.4. The smallest absolute Gasteiger partial charge is 0.00387 e. The number of nitrogens with one attached hydrogen (secondary N) is 1. The number of hydrogen-bond donors (Lipinski definition) is 1. The lowest BCUT2D eigenvalue weighted by Crippen LogP contribution is -2.27. The van der Waals surface area contributed by atoms with E-state index in [0.717, 1.165) is 5.92 Å². The molecule has 0 spiro atoms. The van der Waals surface area contributed by atoms with Gasteiger partial charge >= 0.3 is 0 Å². The summed E-state index contributed by atoms with van der Waals surface area (Å²) < 4.78 is 0. The quantitative estimate of drug-likeness (QED) is 0.426. The maximum atomic E-state index is 3.63. The number of hydrogen-bond acceptors (Lipinski definition) is 1. The molecule has 0 bridgehead atoms. The molecule has 0 amide bonds. The second kappa shape index (κ2) is 13.4. The minimum Gasteiger partial charge on any atom is -0.314 e. The average molecular weight is 255 g/mol. The fourth-order valence-corrected chi connectivity index (χ4v) is 2.30. The van der Waals surface area contributed by atoms with Gasteiger partial charge in [-0.2, -0.15) is 0 Å². The lowest BCUT2D eigenvalue weighted by atomic mass is 10.0. The third-order valence-corrected chi connectivity index (χ3v) is 3.71. The van der Waals surface area contributed by atoms with E-state index in [4.69, 9.17) is 0 Å². The highest BCUT2D eigenvalue weighted by Crippen LogP contribution is 2.10. The fourth-order valence-electron chi connectivity index (χ4n) is 2.30. The van der Waals surface area contributed by atoms with Crippen molar-refractivity contribution in [1.29, 1.82) is 0 Å². The van der Waals surface area contributed by atoms with E-state index >= 15 is 0 Å².